The molecule has 0 spiro atoms. The van der Waals surface area contributed by atoms with Crippen molar-refractivity contribution in [3.63, 3.8) is 0 Å². The van der Waals surface area contributed by atoms with E-state index < -0.39 is 11.8 Å². The fourth-order valence-electron chi connectivity index (χ4n) is 4.41. The molecule has 0 aliphatic rings. The van der Waals surface area contributed by atoms with Gasteiger partial charge in [0, 0.05) is 5.56 Å². The number of benzene rings is 4. The first-order valence-electron chi connectivity index (χ1n) is 13.2. The van der Waals surface area contributed by atoms with Crippen molar-refractivity contribution in [2.24, 2.45) is 0 Å². The summed E-state index contributed by atoms with van der Waals surface area (Å²) in [7, 11) is 0. The van der Waals surface area contributed by atoms with E-state index in [1.807, 2.05) is 72.8 Å². The zero-order valence-corrected chi connectivity index (χ0v) is 21.8. The topological polar surface area (TPSA) is 70.0 Å². The van der Waals surface area contributed by atoms with Gasteiger partial charge in [-0.15, -0.1) is 0 Å². The number of nitrogens with zero attached hydrogens (tertiary/aromatic N) is 1. The van der Waals surface area contributed by atoms with Gasteiger partial charge in [0.15, 0.2) is 0 Å². The van der Waals surface area contributed by atoms with Crippen LogP contribution in [0, 0.1) is 0 Å². The van der Waals surface area contributed by atoms with Gasteiger partial charge in [0.05, 0.1) is 18.7 Å². The molecule has 0 fully saturated rings. The van der Waals surface area contributed by atoms with Crippen molar-refractivity contribution in [3.8, 4) is 16.9 Å². The van der Waals surface area contributed by atoms with Crippen LogP contribution >= 0.6 is 0 Å². The lowest BCUT2D eigenvalue weighted by atomic mass is 10.0. The minimum absolute atomic E-state index is 0.00204. The molecule has 4 aromatic carbocycles. The molecule has 0 bridgehead atoms. The van der Waals surface area contributed by atoms with Crippen molar-refractivity contribution < 1.29 is 19.7 Å². The fraction of sp³-hybridized carbons (Fsp3) is 0.242. The zero-order valence-electron chi connectivity index (χ0n) is 21.8. The number of amides is 1. The maximum atomic E-state index is 13.8. The highest BCUT2D eigenvalue weighted by Gasteiger charge is 2.40. The van der Waals surface area contributed by atoms with E-state index in [0.29, 0.717) is 17.9 Å². The highest BCUT2D eigenvalue weighted by atomic mass is 16.5. The highest BCUT2D eigenvalue weighted by molar-refractivity contribution is 5.95. The number of hydrogen-bond acceptors (Lipinski definition) is 4. The first-order valence-corrected chi connectivity index (χ1v) is 13.2. The number of unbranched alkanes of at least 4 members (excludes halogenated alkanes) is 3. The molecule has 0 aromatic heterocycles. The van der Waals surface area contributed by atoms with Crippen LogP contribution in [-0.4, -0.2) is 27.6 Å². The molecule has 38 heavy (non-hydrogen) atoms. The number of para-hydroxylation sites is 1. The summed E-state index contributed by atoms with van der Waals surface area (Å²) >= 11 is 0. The zero-order chi connectivity index (χ0) is 26.8. The van der Waals surface area contributed by atoms with Gasteiger partial charge in [-0.05, 0) is 47.4 Å². The predicted molar refractivity (Wildman–Crippen MR) is 150 cm³/mol. The SMILES string of the molecule is CCCCCCOc1ccccc1C(O)(O)N(Cc1ccccc1)C(=O)c1ccc(-c2ccccc2)cc1. The second kappa shape index (κ2) is 13.0. The average molecular weight is 510 g/mol. The van der Waals surface area contributed by atoms with Crippen molar-refractivity contribution in [1.82, 2.24) is 4.90 Å². The van der Waals surface area contributed by atoms with Gasteiger partial charge in [-0.2, -0.15) is 0 Å². The molecule has 0 radical (unpaired) electrons. The van der Waals surface area contributed by atoms with Crippen LogP contribution in [0.25, 0.3) is 11.1 Å². The van der Waals surface area contributed by atoms with Gasteiger partial charge in [-0.25, -0.2) is 0 Å². The lowest BCUT2D eigenvalue weighted by Crippen LogP contribution is -2.49. The summed E-state index contributed by atoms with van der Waals surface area (Å²) in [5, 5.41) is 23.1. The maximum absolute atomic E-state index is 13.8. The van der Waals surface area contributed by atoms with Gasteiger partial charge < -0.3 is 14.9 Å². The Bertz CT molecular complexity index is 1290. The van der Waals surface area contributed by atoms with Crippen molar-refractivity contribution in [3.05, 3.63) is 126 Å². The maximum Gasteiger partial charge on any atom is 0.281 e. The lowest BCUT2D eigenvalue weighted by Gasteiger charge is -2.36. The van der Waals surface area contributed by atoms with E-state index in [2.05, 4.69) is 6.92 Å². The third kappa shape index (κ3) is 6.68. The minimum atomic E-state index is -2.61. The second-order valence-electron chi connectivity index (χ2n) is 9.36. The van der Waals surface area contributed by atoms with E-state index >= 15 is 0 Å². The van der Waals surface area contributed by atoms with Crippen LogP contribution in [-0.2, 0) is 12.5 Å². The second-order valence-corrected chi connectivity index (χ2v) is 9.36. The number of carbonyl (C=O) groups excluding carboxylic acids is 1. The third-order valence-electron chi connectivity index (χ3n) is 6.55. The van der Waals surface area contributed by atoms with E-state index in [0.717, 1.165) is 47.3 Å². The molecule has 196 valence electrons. The Morgan fingerprint density at radius 3 is 2.03 bits per heavy atom. The molecule has 0 aliphatic heterocycles. The standard InChI is InChI=1S/C33H35NO4/c1-2-3-4-13-24-38-31-19-12-11-18-30(31)33(36,37)34(25-26-14-7-5-8-15-26)32(35)29-22-20-28(21-23-29)27-16-9-6-10-17-27/h5-12,14-23,36-37H,2-4,13,24-25H2,1H3. The summed E-state index contributed by atoms with van der Waals surface area (Å²) in [4.78, 5) is 14.9. The van der Waals surface area contributed by atoms with Crippen LogP contribution < -0.4 is 4.74 Å². The van der Waals surface area contributed by atoms with Crippen LogP contribution in [0.2, 0.25) is 0 Å². The van der Waals surface area contributed by atoms with Crippen molar-refractivity contribution in [2.75, 3.05) is 6.61 Å². The van der Waals surface area contributed by atoms with Gasteiger partial charge in [-0.3, -0.25) is 9.69 Å². The summed E-state index contributed by atoms with van der Waals surface area (Å²) in [5.41, 5.74) is 3.26. The largest absolute Gasteiger partial charge is 0.493 e. The van der Waals surface area contributed by atoms with Crippen LogP contribution in [0.4, 0.5) is 0 Å². The summed E-state index contributed by atoms with van der Waals surface area (Å²) in [6, 6.07) is 33.1. The lowest BCUT2D eigenvalue weighted by molar-refractivity contribution is -0.259. The molecule has 5 heteroatoms. The normalized spacial score (nSPS) is 11.2. The molecule has 0 unspecified atom stereocenters. The van der Waals surface area contributed by atoms with Gasteiger partial charge in [-0.1, -0.05) is 111 Å². The fourth-order valence-corrected chi connectivity index (χ4v) is 4.41. The van der Waals surface area contributed by atoms with Crippen LogP contribution in [0.5, 0.6) is 5.75 Å². The average Bonchev–Trinajstić information content (AvgIpc) is 2.96. The Kier molecular flexibility index (Phi) is 9.30. The highest BCUT2D eigenvalue weighted by Crippen LogP contribution is 2.34. The van der Waals surface area contributed by atoms with Gasteiger partial charge in [0.1, 0.15) is 5.75 Å². The molecule has 4 rings (SSSR count). The monoisotopic (exact) mass is 509 g/mol. The molecule has 0 saturated heterocycles. The number of hydrogen-bond donors (Lipinski definition) is 2. The number of carbonyl (C=O) groups is 1. The summed E-state index contributed by atoms with van der Waals surface area (Å²) in [6.07, 6.45) is 4.15. The molecule has 0 saturated carbocycles. The summed E-state index contributed by atoms with van der Waals surface area (Å²) < 4.78 is 5.96. The Morgan fingerprint density at radius 2 is 1.34 bits per heavy atom. The molecular formula is C33H35NO4. The number of aliphatic hydroxyl groups is 2. The first-order chi connectivity index (χ1) is 18.5. The minimum Gasteiger partial charge on any atom is -0.493 e. The number of rotatable bonds is 12. The Morgan fingerprint density at radius 1 is 0.737 bits per heavy atom. The van der Waals surface area contributed by atoms with Crippen molar-refractivity contribution in [1.29, 1.82) is 0 Å². The summed E-state index contributed by atoms with van der Waals surface area (Å²) in [6.45, 7) is 2.61. The summed E-state index contributed by atoms with van der Waals surface area (Å²) in [5.74, 6) is -2.76. The van der Waals surface area contributed by atoms with E-state index in [9.17, 15) is 15.0 Å². The molecule has 2 N–H and O–H groups in total. The first kappa shape index (κ1) is 27.1. The van der Waals surface area contributed by atoms with Gasteiger partial charge in [0.25, 0.3) is 11.8 Å². The van der Waals surface area contributed by atoms with Gasteiger partial charge >= 0.3 is 0 Å². The Hall–Kier alpha value is -3.93. The molecule has 0 atom stereocenters. The molecule has 4 aromatic rings. The van der Waals surface area contributed by atoms with E-state index in [-0.39, 0.29) is 12.1 Å². The van der Waals surface area contributed by atoms with Crippen LogP contribution in [0.1, 0.15) is 54.1 Å². The predicted octanol–water partition coefficient (Wildman–Crippen LogP) is 6.75. The molecular weight excluding hydrogens is 474 g/mol. The van der Waals surface area contributed by atoms with Crippen molar-refractivity contribution in [2.45, 2.75) is 45.1 Å². The smallest absolute Gasteiger partial charge is 0.281 e. The van der Waals surface area contributed by atoms with E-state index in [4.69, 9.17) is 4.74 Å². The van der Waals surface area contributed by atoms with Crippen molar-refractivity contribution >= 4 is 5.91 Å². The van der Waals surface area contributed by atoms with Crippen LogP contribution in [0.3, 0.4) is 0 Å². The van der Waals surface area contributed by atoms with Gasteiger partial charge in [0.2, 0.25) is 0 Å². The Balaban J connectivity index is 1.64. The molecule has 0 heterocycles. The number of ether oxygens (including phenoxy) is 1. The molecule has 0 aliphatic carbocycles. The molecule has 5 nitrogen and oxygen atoms in total. The molecule has 1 amide bonds. The Labute approximate surface area is 225 Å². The third-order valence-corrected chi connectivity index (χ3v) is 6.55. The quantitative estimate of drug-likeness (QED) is 0.164. The van der Waals surface area contributed by atoms with E-state index in [1.165, 1.54) is 0 Å². The van der Waals surface area contributed by atoms with Crippen LogP contribution in [0.15, 0.2) is 109 Å². The van der Waals surface area contributed by atoms with E-state index in [1.54, 1.807) is 36.4 Å².